The summed E-state index contributed by atoms with van der Waals surface area (Å²) in [5.74, 6) is 0.563. The lowest BCUT2D eigenvalue weighted by Gasteiger charge is -2.20. The molecule has 1 aromatic heterocycles. The molecule has 0 amide bonds. The number of halogens is 1. The standard InChI is InChI=1S/C20H22FNO2/c1-12-18-10-17(21)7-8-19(18)24-20(12)14(3)22-13(2)16-6-4-5-15(9-16)11-23/h4-10,13-14,22-23H,11H2,1-3H3. The fourth-order valence-corrected chi connectivity index (χ4v) is 3.13. The van der Waals surface area contributed by atoms with Crippen molar-refractivity contribution in [3.63, 3.8) is 0 Å². The molecule has 2 aromatic carbocycles. The van der Waals surface area contributed by atoms with Gasteiger partial charge in [-0.05, 0) is 50.1 Å². The molecule has 3 aromatic rings. The van der Waals surface area contributed by atoms with Crippen molar-refractivity contribution in [3.05, 3.63) is 70.7 Å². The summed E-state index contributed by atoms with van der Waals surface area (Å²) in [7, 11) is 0. The van der Waals surface area contributed by atoms with Crippen LogP contribution in [0.5, 0.6) is 0 Å². The van der Waals surface area contributed by atoms with Gasteiger partial charge in [-0.25, -0.2) is 4.39 Å². The molecular weight excluding hydrogens is 305 g/mol. The average molecular weight is 327 g/mol. The molecule has 3 nitrogen and oxygen atoms in total. The number of benzene rings is 2. The number of hydrogen-bond donors (Lipinski definition) is 2. The van der Waals surface area contributed by atoms with E-state index in [1.165, 1.54) is 12.1 Å². The average Bonchev–Trinajstić information content (AvgIpc) is 2.91. The first-order valence-corrected chi connectivity index (χ1v) is 8.14. The van der Waals surface area contributed by atoms with Crippen molar-refractivity contribution in [3.8, 4) is 0 Å². The molecule has 0 radical (unpaired) electrons. The van der Waals surface area contributed by atoms with Gasteiger partial charge in [-0.1, -0.05) is 24.3 Å². The van der Waals surface area contributed by atoms with Crippen LogP contribution in [0.3, 0.4) is 0 Å². The van der Waals surface area contributed by atoms with E-state index < -0.39 is 0 Å². The lowest BCUT2D eigenvalue weighted by Crippen LogP contribution is -2.22. The van der Waals surface area contributed by atoms with E-state index in [1.54, 1.807) is 6.07 Å². The monoisotopic (exact) mass is 327 g/mol. The lowest BCUT2D eigenvalue weighted by atomic mass is 10.0. The zero-order chi connectivity index (χ0) is 17.3. The van der Waals surface area contributed by atoms with Gasteiger partial charge in [0.2, 0.25) is 0 Å². The van der Waals surface area contributed by atoms with Crippen LogP contribution in [-0.4, -0.2) is 5.11 Å². The van der Waals surface area contributed by atoms with Gasteiger partial charge in [0.1, 0.15) is 17.2 Å². The number of aliphatic hydroxyl groups is 1. The van der Waals surface area contributed by atoms with Crippen molar-refractivity contribution in [1.82, 2.24) is 5.32 Å². The maximum absolute atomic E-state index is 13.5. The Morgan fingerprint density at radius 2 is 1.92 bits per heavy atom. The predicted octanol–water partition coefficient (Wildman–Crippen LogP) is 4.78. The van der Waals surface area contributed by atoms with E-state index in [2.05, 4.69) is 12.2 Å². The quantitative estimate of drug-likeness (QED) is 0.708. The van der Waals surface area contributed by atoms with Gasteiger partial charge in [-0.2, -0.15) is 0 Å². The second-order valence-electron chi connectivity index (χ2n) is 6.24. The number of fused-ring (bicyclic) bond motifs is 1. The molecule has 2 N–H and O–H groups in total. The van der Waals surface area contributed by atoms with E-state index in [9.17, 15) is 9.50 Å². The molecule has 126 valence electrons. The maximum Gasteiger partial charge on any atom is 0.134 e. The van der Waals surface area contributed by atoms with Crippen molar-refractivity contribution < 1.29 is 13.9 Å². The van der Waals surface area contributed by atoms with Crippen LogP contribution >= 0.6 is 0 Å². The highest BCUT2D eigenvalue weighted by Gasteiger charge is 2.19. The molecule has 0 bridgehead atoms. The Morgan fingerprint density at radius 3 is 2.67 bits per heavy atom. The van der Waals surface area contributed by atoms with E-state index in [1.807, 2.05) is 38.1 Å². The van der Waals surface area contributed by atoms with Crippen LogP contribution in [0, 0.1) is 12.7 Å². The fraction of sp³-hybridized carbons (Fsp3) is 0.300. The number of aryl methyl sites for hydroxylation is 1. The molecule has 1 heterocycles. The Morgan fingerprint density at radius 1 is 1.12 bits per heavy atom. The van der Waals surface area contributed by atoms with Crippen molar-refractivity contribution in [2.75, 3.05) is 0 Å². The maximum atomic E-state index is 13.5. The number of aliphatic hydroxyl groups excluding tert-OH is 1. The van der Waals surface area contributed by atoms with Crippen LogP contribution in [0.4, 0.5) is 4.39 Å². The third kappa shape index (κ3) is 3.21. The Hall–Kier alpha value is -2.17. The molecule has 2 unspecified atom stereocenters. The third-order valence-corrected chi connectivity index (χ3v) is 4.46. The summed E-state index contributed by atoms with van der Waals surface area (Å²) in [5.41, 5.74) is 3.66. The summed E-state index contributed by atoms with van der Waals surface area (Å²) < 4.78 is 19.4. The molecule has 0 aliphatic heterocycles. The number of furan rings is 1. The first-order valence-electron chi connectivity index (χ1n) is 8.14. The molecule has 24 heavy (non-hydrogen) atoms. The normalized spacial score (nSPS) is 14.0. The lowest BCUT2D eigenvalue weighted by molar-refractivity contribution is 0.281. The minimum Gasteiger partial charge on any atom is -0.459 e. The second-order valence-corrected chi connectivity index (χ2v) is 6.24. The summed E-state index contributed by atoms with van der Waals surface area (Å²) in [6, 6.07) is 12.5. The zero-order valence-electron chi connectivity index (χ0n) is 14.1. The Kier molecular flexibility index (Phi) is 4.69. The van der Waals surface area contributed by atoms with E-state index in [0.717, 1.165) is 27.8 Å². The highest BCUT2D eigenvalue weighted by atomic mass is 19.1. The molecule has 3 rings (SSSR count). The highest BCUT2D eigenvalue weighted by Crippen LogP contribution is 2.31. The molecule has 4 heteroatoms. The molecule has 0 fully saturated rings. The highest BCUT2D eigenvalue weighted by molar-refractivity contribution is 5.82. The van der Waals surface area contributed by atoms with Gasteiger partial charge < -0.3 is 14.8 Å². The number of nitrogens with one attached hydrogen (secondary N) is 1. The summed E-state index contributed by atoms with van der Waals surface area (Å²) in [4.78, 5) is 0. The Balaban J connectivity index is 1.84. The topological polar surface area (TPSA) is 45.4 Å². The predicted molar refractivity (Wildman–Crippen MR) is 93.2 cm³/mol. The van der Waals surface area contributed by atoms with Crippen molar-refractivity contribution >= 4 is 11.0 Å². The zero-order valence-corrected chi connectivity index (χ0v) is 14.1. The molecule has 0 aliphatic carbocycles. The first kappa shape index (κ1) is 16.7. The first-order chi connectivity index (χ1) is 11.5. The molecule has 0 saturated carbocycles. The Labute approximate surface area is 141 Å². The van der Waals surface area contributed by atoms with E-state index in [-0.39, 0.29) is 24.5 Å². The summed E-state index contributed by atoms with van der Waals surface area (Å²) >= 11 is 0. The van der Waals surface area contributed by atoms with Gasteiger partial charge >= 0.3 is 0 Å². The summed E-state index contributed by atoms with van der Waals surface area (Å²) in [5, 5.41) is 13.6. The van der Waals surface area contributed by atoms with Gasteiger partial charge in [0.05, 0.1) is 12.6 Å². The number of hydrogen-bond acceptors (Lipinski definition) is 3. The SMILES string of the molecule is Cc1c(C(C)NC(C)c2cccc(CO)c2)oc2ccc(F)cc12. The second kappa shape index (κ2) is 6.75. The van der Waals surface area contributed by atoms with Gasteiger partial charge in [0.15, 0.2) is 0 Å². The smallest absolute Gasteiger partial charge is 0.134 e. The van der Waals surface area contributed by atoms with Crippen molar-refractivity contribution in [1.29, 1.82) is 0 Å². The van der Waals surface area contributed by atoms with Gasteiger partial charge in [0.25, 0.3) is 0 Å². The minimum atomic E-state index is -0.257. The van der Waals surface area contributed by atoms with E-state index >= 15 is 0 Å². The van der Waals surface area contributed by atoms with E-state index in [0.29, 0.717) is 5.58 Å². The summed E-state index contributed by atoms with van der Waals surface area (Å²) in [6.07, 6.45) is 0. The molecule has 0 saturated heterocycles. The molecule has 0 spiro atoms. The van der Waals surface area contributed by atoms with Gasteiger partial charge in [-0.3, -0.25) is 0 Å². The fourth-order valence-electron chi connectivity index (χ4n) is 3.13. The van der Waals surface area contributed by atoms with Crippen LogP contribution in [0.15, 0.2) is 46.9 Å². The van der Waals surface area contributed by atoms with Gasteiger partial charge in [-0.15, -0.1) is 0 Å². The van der Waals surface area contributed by atoms with Crippen LogP contribution in [-0.2, 0) is 6.61 Å². The van der Waals surface area contributed by atoms with Crippen molar-refractivity contribution in [2.24, 2.45) is 0 Å². The number of rotatable bonds is 5. The molecular formula is C20H22FNO2. The van der Waals surface area contributed by atoms with E-state index in [4.69, 9.17) is 4.42 Å². The van der Waals surface area contributed by atoms with Crippen LogP contribution in [0.2, 0.25) is 0 Å². The van der Waals surface area contributed by atoms with Crippen molar-refractivity contribution in [2.45, 2.75) is 39.5 Å². The third-order valence-electron chi connectivity index (χ3n) is 4.46. The molecule has 0 aliphatic rings. The van der Waals surface area contributed by atoms with Crippen LogP contribution < -0.4 is 5.32 Å². The summed E-state index contributed by atoms with van der Waals surface area (Å²) in [6.45, 7) is 6.10. The Bertz CT molecular complexity index is 856. The van der Waals surface area contributed by atoms with Crippen LogP contribution in [0.25, 0.3) is 11.0 Å². The minimum absolute atomic E-state index is 0.0201. The largest absolute Gasteiger partial charge is 0.459 e. The van der Waals surface area contributed by atoms with Gasteiger partial charge in [0, 0.05) is 17.0 Å². The van der Waals surface area contributed by atoms with Crippen LogP contribution in [0.1, 0.15) is 48.4 Å². The molecule has 2 atom stereocenters.